The van der Waals surface area contributed by atoms with E-state index in [0.29, 0.717) is 16.4 Å². The highest BCUT2D eigenvalue weighted by molar-refractivity contribution is 7.18. The number of likely N-dealkylation sites (N-methyl/N-ethyl adjacent to an activating group) is 1. The Hall–Kier alpha value is -4.09. The first-order valence-electron chi connectivity index (χ1n) is 15.7. The lowest BCUT2D eigenvalue weighted by atomic mass is 9.98. The quantitative estimate of drug-likeness (QED) is 0.151. The van der Waals surface area contributed by atoms with Gasteiger partial charge >= 0.3 is 12.0 Å². The van der Waals surface area contributed by atoms with Crippen molar-refractivity contribution in [2.45, 2.75) is 76.1 Å². The molecule has 1 aromatic heterocycles. The molecule has 3 aromatic rings. The maximum absolute atomic E-state index is 13.7. The van der Waals surface area contributed by atoms with E-state index in [1.807, 2.05) is 12.1 Å². The highest BCUT2D eigenvalue weighted by Crippen LogP contribution is 2.27. The molecule has 5 rings (SSSR count). The number of ether oxygens (including phenoxy) is 1. The Labute approximate surface area is 268 Å². The van der Waals surface area contributed by atoms with E-state index >= 15 is 0 Å². The van der Waals surface area contributed by atoms with Crippen molar-refractivity contribution in [1.82, 2.24) is 10.6 Å². The Balaban J connectivity index is 1.21. The zero-order chi connectivity index (χ0) is 31.8. The van der Waals surface area contributed by atoms with Gasteiger partial charge in [0.15, 0.2) is 0 Å². The van der Waals surface area contributed by atoms with Crippen LogP contribution < -0.4 is 16.0 Å². The number of hydrogen-bond acceptors (Lipinski definition) is 7. The molecule has 0 spiro atoms. The van der Waals surface area contributed by atoms with E-state index in [4.69, 9.17) is 4.74 Å². The number of piperidine rings is 1. The molecule has 1 aliphatic heterocycles. The third-order valence-corrected chi connectivity index (χ3v) is 9.58. The van der Waals surface area contributed by atoms with Crippen LogP contribution in [0.4, 0.5) is 9.80 Å². The van der Waals surface area contributed by atoms with Crippen molar-refractivity contribution in [2.24, 2.45) is 0 Å². The number of phenols is 2. The van der Waals surface area contributed by atoms with Crippen LogP contribution in [0.2, 0.25) is 0 Å². The summed E-state index contributed by atoms with van der Waals surface area (Å²) in [7, 11) is 2.15. The van der Waals surface area contributed by atoms with Crippen LogP contribution in [0.3, 0.4) is 0 Å². The first kappa shape index (κ1) is 32.3. The second-order valence-electron chi connectivity index (χ2n) is 12.6. The highest BCUT2D eigenvalue weighted by atomic mass is 32.1. The fraction of sp³-hybridized carbons (Fsp3) is 0.441. The minimum absolute atomic E-state index is 0.0557. The van der Waals surface area contributed by atoms with Gasteiger partial charge in [-0.25, -0.2) is 9.59 Å². The molecular formula is C34H43N4O6S+. The van der Waals surface area contributed by atoms with Gasteiger partial charge in [0.1, 0.15) is 35.1 Å². The standard InChI is InChI=1S/C34H42N4O6S/c1-38(21-24-7-5-9-27(40)19-24)18-6-8-25(22-38)35-32(41)29(20-23-12-14-26(39)15-13-23)36-34(43)37-31-17-16-30(45-31)33(42)44-28-10-3-2-4-11-28/h5,7,9,12-17,19,25,28-29H,2-4,6,8,10-11,18,20-22H2,1H3,(H4-,35,36,37,39,40,41,42,43)/p+1. The Morgan fingerprint density at radius 3 is 2.47 bits per heavy atom. The van der Waals surface area contributed by atoms with Crippen LogP contribution in [0.15, 0.2) is 60.7 Å². The van der Waals surface area contributed by atoms with Gasteiger partial charge in [-0.15, -0.1) is 11.3 Å². The van der Waals surface area contributed by atoms with Crippen LogP contribution in [-0.2, 0) is 22.5 Å². The molecule has 5 N–H and O–H groups in total. The molecule has 1 saturated carbocycles. The van der Waals surface area contributed by atoms with Crippen molar-refractivity contribution in [3.63, 3.8) is 0 Å². The summed E-state index contributed by atoms with van der Waals surface area (Å²) >= 11 is 1.14. The van der Waals surface area contributed by atoms with E-state index in [2.05, 4.69) is 23.0 Å². The Kier molecular flexibility index (Phi) is 10.6. The molecule has 3 amide bonds. The third kappa shape index (κ3) is 9.45. The van der Waals surface area contributed by atoms with Crippen LogP contribution in [0.1, 0.15) is 65.7 Å². The third-order valence-electron chi connectivity index (χ3n) is 8.60. The number of nitrogens with one attached hydrogen (secondary N) is 3. The van der Waals surface area contributed by atoms with Gasteiger partial charge in [-0.05, 0) is 80.5 Å². The van der Waals surface area contributed by atoms with Crippen molar-refractivity contribution in [1.29, 1.82) is 0 Å². The number of benzene rings is 2. The fourth-order valence-corrected chi connectivity index (χ4v) is 7.17. The SMILES string of the molecule is C[N+]1(Cc2cccc(O)c2)CCCC(NC(=O)C(Cc2ccc(O)cc2)NC(=O)Nc2ccc(C(=O)OC3CCCCC3)s2)C1. The van der Waals surface area contributed by atoms with Gasteiger partial charge in [0, 0.05) is 12.0 Å². The second kappa shape index (κ2) is 14.8. The molecule has 2 aliphatic rings. The Bertz CT molecular complexity index is 1470. The maximum Gasteiger partial charge on any atom is 0.348 e. The van der Waals surface area contributed by atoms with E-state index in [-0.39, 0.29) is 41.9 Å². The van der Waals surface area contributed by atoms with Crippen LogP contribution in [0.25, 0.3) is 0 Å². The molecule has 2 heterocycles. The van der Waals surface area contributed by atoms with Gasteiger partial charge < -0.3 is 30.1 Å². The van der Waals surface area contributed by atoms with Gasteiger partial charge in [0.25, 0.3) is 0 Å². The van der Waals surface area contributed by atoms with Crippen LogP contribution in [-0.4, -0.2) is 70.9 Å². The molecule has 2 fully saturated rings. The number of carbonyl (C=O) groups excluding carboxylic acids is 3. The van der Waals surface area contributed by atoms with Crippen LogP contribution in [0, 0.1) is 0 Å². The minimum Gasteiger partial charge on any atom is -0.508 e. The summed E-state index contributed by atoms with van der Waals surface area (Å²) in [6.07, 6.45) is 6.98. The summed E-state index contributed by atoms with van der Waals surface area (Å²) in [5.74, 6) is -0.323. The number of hydrogen-bond donors (Lipinski definition) is 5. The molecule has 1 aliphatic carbocycles. The van der Waals surface area contributed by atoms with E-state index in [1.54, 1.807) is 48.5 Å². The van der Waals surface area contributed by atoms with Gasteiger partial charge in [-0.1, -0.05) is 30.7 Å². The van der Waals surface area contributed by atoms with Crippen LogP contribution in [0.5, 0.6) is 11.5 Å². The number of thiophene rings is 1. The topological polar surface area (TPSA) is 137 Å². The summed E-state index contributed by atoms with van der Waals surface area (Å²) in [4.78, 5) is 39.8. The van der Waals surface area contributed by atoms with Gasteiger partial charge in [0.05, 0.1) is 31.2 Å². The minimum atomic E-state index is -0.878. The zero-order valence-corrected chi connectivity index (χ0v) is 26.5. The lowest BCUT2D eigenvalue weighted by molar-refractivity contribution is -0.927. The van der Waals surface area contributed by atoms with Gasteiger partial charge in [0.2, 0.25) is 5.91 Å². The molecule has 3 unspecified atom stereocenters. The number of quaternary nitrogens is 1. The predicted molar refractivity (Wildman–Crippen MR) is 173 cm³/mol. The number of anilines is 1. The maximum atomic E-state index is 13.7. The van der Waals surface area contributed by atoms with E-state index in [0.717, 1.165) is 78.6 Å². The number of amides is 3. The van der Waals surface area contributed by atoms with Gasteiger partial charge in [-0.2, -0.15) is 0 Å². The fourth-order valence-electron chi connectivity index (χ4n) is 6.38. The predicted octanol–water partition coefficient (Wildman–Crippen LogP) is 5.31. The molecule has 10 nitrogen and oxygen atoms in total. The van der Waals surface area contributed by atoms with E-state index in [9.17, 15) is 24.6 Å². The molecule has 0 radical (unpaired) electrons. The first-order chi connectivity index (χ1) is 21.6. The largest absolute Gasteiger partial charge is 0.508 e. The van der Waals surface area contributed by atoms with Crippen molar-refractivity contribution in [2.75, 3.05) is 25.5 Å². The Morgan fingerprint density at radius 2 is 1.71 bits per heavy atom. The van der Waals surface area contributed by atoms with Crippen molar-refractivity contribution in [3.05, 3.63) is 76.7 Å². The molecule has 1 saturated heterocycles. The van der Waals surface area contributed by atoms with Crippen LogP contribution >= 0.6 is 11.3 Å². The zero-order valence-electron chi connectivity index (χ0n) is 25.7. The lowest BCUT2D eigenvalue weighted by Gasteiger charge is -2.42. The average Bonchev–Trinajstić information content (AvgIpc) is 3.47. The molecule has 240 valence electrons. The summed E-state index contributed by atoms with van der Waals surface area (Å²) < 4.78 is 6.37. The summed E-state index contributed by atoms with van der Waals surface area (Å²) in [5, 5.41) is 28.9. The smallest absolute Gasteiger partial charge is 0.348 e. The number of nitrogens with zero attached hydrogens (tertiary/aromatic N) is 1. The number of urea groups is 1. The molecule has 3 atom stereocenters. The summed E-state index contributed by atoms with van der Waals surface area (Å²) in [6.45, 7) is 2.40. The van der Waals surface area contributed by atoms with Gasteiger partial charge in [-0.3, -0.25) is 10.1 Å². The van der Waals surface area contributed by atoms with Crippen molar-refractivity contribution >= 4 is 34.2 Å². The molecule has 2 aromatic carbocycles. The number of rotatable bonds is 10. The highest BCUT2D eigenvalue weighted by Gasteiger charge is 2.34. The summed E-state index contributed by atoms with van der Waals surface area (Å²) in [5.41, 5.74) is 1.82. The van der Waals surface area contributed by atoms with E-state index in [1.165, 1.54) is 6.42 Å². The Morgan fingerprint density at radius 1 is 0.933 bits per heavy atom. The number of esters is 1. The summed E-state index contributed by atoms with van der Waals surface area (Å²) in [6, 6.07) is 15.6. The number of carbonyl (C=O) groups is 3. The number of aromatic hydroxyl groups is 2. The molecule has 11 heteroatoms. The normalized spacial score (nSPS) is 21.0. The molecule has 0 bridgehead atoms. The van der Waals surface area contributed by atoms with E-state index < -0.39 is 12.1 Å². The van der Waals surface area contributed by atoms with Crippen molar-refractivity contribution < 1.29 is 33.8 Å². The average molecular weight is 636 g/mol. The number of phenolic OH excluding ortho intramolecular Hbond substituents is 2. The number of likely N-dealkylation sites (tertiary alicyclic amines) is 1. The first-order valence-corrected chi connectivity index (χ1v) is 16.5. The molecule has 45 heavy (non-hydrogen) atoms. The molecular weight excluding hydrogens is 592 g/mol. The van der Waals surface area contributed by atoms with Crippen molar-refractivity contribution in [3.8, 4) is 11.5 Å². The monoisotopic (exact) mass is 635 g/mol. The second-order valence-corrected chi connectivity index (χ2v) is 13.6. The lowest BCUT2D eigenvalue weighted by Crippen LogP contribution is -2.59.